The fourth-order valence-corrected chi connectivity index (χ4v) is 1.28. The Kier molecular flexibility index (Phi) is 4.24. The summed E-state index contributed by atoms with van der Waals surface area (Å²) >= 11 is 1.65. The van der Waals surface area contributed by atoms with E-state index in [4.69, 9.17) is 4.52 Å². The molecule has 0 saturated heterocycles. The molecule has 5 heteroatoms. The molecule has 1 N–H and O–H groups in total. The minimum atomic E-state index is -0.373. The minimum Gasteiger partial charge on any atom is -0.393 e. The zero-order chi connectivity index (χ0) is 9.68. The highest BCUT2D eigenvalue weighted by Gasteiger charge is 2.09. The van der Waals surface area contributed by atoms with E-state index < -0.39 is 0 Å². The third kappa shape index (κ3) is 3.36. The molecule has 1 atom stereocenters. The van der Waals surface area contributed by atoms with E-state index in [-0.39, 0.29) is 6.10 Å². The molecule has 74 valence electrons. The van der Waals surface area contributed by atoms with Gasteiger partial charge >= 0.3 is 0 Å². The van der Waals surface area contributed by atoms with Gasteiger partial charge in [-0.05, 0) is 12.7 Å². The number of hydrogen-bond donors (Lipinski definition) is 1. The topological polar surface area (TPSA) is 59.2 Å². The van der Waals surface area contributed by atoms with Crippen LogP contribution in [0.2, 0.25) is 0 Å². The van der Waals surface area contributed by atoms with Gasteiger partial charge in [-0.25, -0.2) is 0 Å². The first-order valence-corrected chi connectivity index (χ1v) is 5.64. The SMILES string of the molecule is CCC(O)Cc1nc(CSC)no1. The predicted octanol–water partition coefficient (Wildman–Crippen LogP) is 1.25. The standard InChI is InChI=1S/C8H14N2O2S/c1-3-6(11)4-8-9-7(5-13-2)10-12-8/h6,11H,3-5H2,1-2H3. The van der Waals surface area contributed by atoms with Crippen LogP contribution in [0.1, 0.15) is 25.1 Å². The smallest absolute Gasteiger partial charge is 0.229 e. The van der Waals surface area contributed by atoms with E-state index in [0.717, 1.165) is 5.75 Å². The molecule has 4 nitrogen and oxygen atoms in total. The van der Waals surface area contributed by atoms with Gasteiger partial charge in [0.2, 0.25) is 5.89 Å². The number of thioether (sulfide) groups is 1. The summed E-state index contributed by atoms with van der Waals surface area (Å²) in [4.78, 5) is 4.13. The van der Waals surface area contributed by atoms with E-state index in [9.17, 15) is 5.11 Å². The fourth-order valence-electron chi connectivity index (χ4n) is 0.907. The maximum Gasteiger partial charge on any atom is 0.229 e. The Labute approximate surface area is 81.7 Å². The molecule has 0 fully saturated rings. The van der Waals surface area contributed by atoms with Crippen molar-refractivity contribution in [1.29, 1.82) is 0 Å². The number of aliphatic hydroxyl groups is 1. The Morgan fingerprint density at radius 2 is 2.38 bits per heavy atom. The van der Waals surface area contributed by atoms with Crippen molar-refractivity contribution in [3.05, 3.63) is 11.7 Å². The van der Waals surface area contributed by atoms with Crippen LogP contribution in [0.4, 0.5) is 0 Å². The molecule has 1 unspecified atom stereocenters. The van der Waals surface area contributed by atoms with Gasteiger partial charge in [0.05, 0.1) is 18.3 Å². The van der Waals surface area contributed by atoms with E-state index >= 15 is 0 Å². The van der Waals surface area contributed by atoms with Crippen LogP contribution < -0.4 is 0 Å². The summed E-state index contributed by atoms with van der Waals surface area (Å²) in [5.41, 5.74) is 0. The molecular formula is C8H14N2O2S. The Morgan fingerprint density at radius 1 is 1.62 bits per heavy atom. The Bertz CT molecular complexity index is 252. The van der Waals surface area contributed by atoms with Crippen LogP contribution in [0.5, 0.6) is 0 Å². The monoisotopic (exact) mass is 202 g/mol. The van der Waals surface area contributed by atoms with Crippen LogP contribution >= 0.6 is 11.8 Å². The Balaban J connectivity index is 2.48. The fraction of sp³-hybridized carbons (Fsp3) is 0.750. The number of aromatic nitrogens is 2. The van der Waals surface area contributed by atoms with Crippen LogP contribution in [-0.2, 0) is 12.2 Å². The first-order valence-electron chi connectivity index (χ1n) is 4.24. The largest absolute Gasteiger partial charge is 0.393 e. The van der Waals surface area contributed by atoms with Crippen molar-refractivity contribution in [3.8, 4) is 0 Å². The lowest BCUT2D eigenvalue weighted by molar-refractivity contribution is 0.158. The Morgan fingerprint density at radius 3 is 3.00 bits per heavy atom. The lowest BCUT2D eigenvalue weighted by atomic mass is 10.2. The predicted molar refractivity (Wildman–Crippen MR) is 51.5 cm³/mol. The first-order chi connectivity index (χ1) is 6.26. The number of hydrogen-bond acceptors (Lipinski definition) is 5. The van der Waals surface area contributed by atoms with Crippen molar-refractivity contribution in [1.82, 2.24) is 10.1 Å². The van der Waals surface area contributed by atoms with Gasteiger partial charge in [0.15, 0.2) is 5.82 Å². The van der Waals surface area contributed by atoms with Gasteiger partial charge in [0.25, 0.3) is 0 Å². The van der Waals surface area contributed by atoms with Crippen molar-refractivity contribution >= 4 is 11.8 Å². The molecule has 0 aliphatic rings. The zero-order valence-corrected chi connectivity index (χ0v) is 8.67. The van der Waals surface area contributed by atoms with Gasteiger partial charge in [0, 0.05) is 0 Å². The third-order valence-corrected chi connectivity index (χ3v) is 2.21. The van der Waals surface area contributed by atoms with Gasteiger partial charge in [-0.1, -0.05) is 12.1 Å². The van der Waals surface area contributed by atoms with E-state index in [1.807, 2.05) is 13.2 Å². The van der Waals surface area contributed by atoms with Crippen molar-refractivity contribution in [2.45, 2.75) is 31.6 Å². The number of rotatable bonds is 5. The van der Waals surface area contributed by atoms with Gasteiger partial charge < -0.3 is 9.63 Å². The van der Waals surface area contributed by atoms with Crippen LogP contribution in [0.25, 0.3) is 0 Å². The molecule has 0 amide bonds. The van der Waals surface area contributed by atoms with Gasteiger partial charge in [-0.2, -0.15) is 16.7 Å². The summed E-state index contributed by atoms with van der Waals surface area (Å²) in [6.07, 6.45) is 2.78. The third-order valence-electron chi connectivity index (χ3n) is 1.67. The highest BCUT2D eigenvalue weighted by molar-refractivity contribution is 7.97. The van der Waals surface area contributed by atoms with Gasteiger partial charge in [0.1, 0.15) is 0 Å². The number of aliphatic hydroxyl groups excluding tert-OH is 1. The second kappa shape index (κ2) is 5.24. The van der Waals surface area contributed by atoms with Gasteiger partial charge in [-0.3, -0.25) is 0 Å². The second-order valence-corrected chi connectivity index (χ2v) is 3.67. The molecule has 1 aromatic heterocycles. The molecule has 0 saturated carbocycles. The maximum atomic E-state index is 9.32. The average Bonchev–Trinajstić information content (AvgIpc) is 2.53. The summed E-state index contributed by atoms with van der Waals surface area (Å²) in [5, 5.41) is 13.1. The molecule has 1 rings (SSSR count). The summed E-state index contributed by atoms with van der Waals surface area (Å²) in [5.74, 6) is 1.98. The number of nitrogens with zero attached hydrogens (tertiary/aromatic N) is 2. The van der Waals surface area contributed by atoms with Crippen molar-refractivity contribution in [2.75, 3.05) is 6.26 Å². The van der Waals surface area contributed by atoms with Crippen LogP contribution in [0.3, 0.4) is 0 Å². The van der Waals surface area contributed by atoms with Crippen LogP contribution in [0, 0.1) is 0 Å². The van der Waals surface area contributed by atoms with Crippen molar-refractivity contribution in [2.24, 2.45) is 0 Å². The van der Waals surface area contributed by atoms with E-state index in [2.05, 4.69) is 10.1 Å². The molecule has 1 aromatic rings. The van der Waals surface area contributed by atoms with E-state index in [1.165, 1.54) is 0 Å². The summed E-state index contributed by atoms with van der Waals surface area (Å²) in [6.45, 7) is 1.92. The Hall–Kier alpha value is -0.550. The van der Waals surface area contributed by atoms with Crippen molar-refractivity contribution in [3.63, 3.8) is 0 Å². The van der Waals surface area contributed by atoms with Crippen LogP contribution in [-0.4, -0.2) is 27.6 Å². The lowest BCUT2D eigenvalue weighted by Gasteiger charge is -2.01. The minimum absolute atomic E-state index is 0.373. The molecular weight excluding hydrogens is 188 g/mol. The highest BCUT2D eigenvalue weighted by atomic mass is 32.2. The lowest BCUT2D eigenvalue weighted by Crippen LogP contribution is -2.08. The molecule has 0 radical (unpaired) electrons. The summed E-state index contributed by atoms with van der Waals surface area (Å²) in [7, 11) is 0. The molecule has 0 spiro atoms. The normalized spacial score (nSPS) is 13.2. The van der Waals surface area contributed by atoms with Gasteiger partial charge in [-0.15, -0.1) is 0 Å². The molecule has 0 bridgehead atoms. The second-order valence-electron chi connectivity index (χ2n) is 2.80. The highest BCUT2D eigenvalue weighted by Crippen LogP contribution is 2.07. The van der Waals surface area contributed by atoms with E-state index in [1.54, 1.807) is 11.8 Å². The maximum absolute atomic E-state index is 9.32. The zero-order valence-electron chi connectivity index (χ0n) is 7.86. The molecule has 1 heterocycles. The quantitative estimate of drug-likeness (QED) is 0.778. The molecule has 0 aliphatic heterocycles. The van der Waals surface area contributed by atoms with Crippen LogP contribution in [0.15, 0.2) is 4.52 Å². The van der Waals surface area contributed by atoms with Crippen molar-refractivity contribution < 1.29 is 9.63 Å². The van der Waals surface area contributed by atoms with E-state index in [0.29, 0.717) is 24.6 Å². The summed E-state index contributed by atoms with van der Waals surface area (Å²) in [6, 6.07) is 0. The molecule has 0 aromatic carbocycles. The first kappa shape index (κ1) is 10.5. The molecule has 13 heavy (non-hydrogen) atoms. The average molecular weight is 202 g/mol. The molecule has 0 aliphatic carbocycles. The summed E-state index contributed by atoms with van der Waals surface area (Å²) < 4.78 is 4.96.